The molecule has 2 heterocycles. The molecule has 0 atom stereocenters. The minimum atomic E-state index is 0.778. The van der Waals surface area contributed by atoms with E-state index >= 15 is 0 Å². The topological polar surface area (TPSA) is 45.6 Å². The molecule has 0 aliphatic carbocycles. The predicted molar refractivity (Wildman–Crippen MR) is 39.9 cm³/mol. The van der Waals surface area contributed by atoms with E-state index < -0.39 is 0 Å². The van der Waals surface area contributed by atoms with E-state index in [0.717, 1.165) is 32.8 Å². The Labute approximate surface area is 60.6 Å². The number of hydrogen-bond acceptors (Lipinski definition) is 4. The standard InChI is InChI=1S/C3H8N2.C3H5NO/c1-2-5-3-4-1;1-2-4-5-3-1/h4-5H,1-3H2;2H,1,3H2. The lowest BCUT2D eigenvalue weighted by Crippen LogP contribution is -2.11. The zero-order valence-electron chi connectivity index (χ0n) is 5.97. The molecule has 1 saturated heterocycles. The van der Waals surface area contributed by atoms with Crippen LogP contribution in [0.5, 0.6) is 0 Å². The Morgan fingerprint density at radius 1 is 1.30 bits per heavy atom. The molecule has 4 heteroatoms. The molecule has 0 saturated carbocycles. The summed E-state index contributed by atoms with van der Waals surface area (Å²) in [4.78, 5) is 4.51. The van der Waals surface area contributed by atoms with E-state index in [-0.39, 0.29) is 0 Å². The minimum Gasteiger partial charge on any atom is -0.396 e. The summed E-state index contributed by atoms with van der Waals surface area (Å²) in [7, 11) is 0. The molecule has 0 spiro atoms. The summed E-state index contributed by atoms with van der Waals surface area (Å²) in [6.45, 7) is 4.06. The van der Waals surface area contributed by atoms with E-state index in [9.17, 15) is 0 Å². The highest BCUT2D eigenvalue weighted by Crippen LogP contribution is 1.86. The lowest BCUT2D eigenvalue weighted by Gasteiger charge is -1.77. The Morgan fingerprint density at radius 3 is 2.30 bits per heavy atom. The normalized spacial score (nSPS) is 21.6. The van der Waals surface area contributed by atoms with Crippen LogP contribution in [0.25, 0.3) is 0 Å². The van der Waals surface area contributed by atoms with E-state index in [1.807, 2.05) is 0 Å². The van der Waals surface area contributed by atoms with Crippen LogP contribution in [0.4, 0.5) is 0 Å². The first-order valence-corrected chi connectivity index (χ1v) is 3.55. The Morgan fingerprint density at radius 2 is 2.10 bits per heavy atom. The monoisotopic (exact) mass is 143 g/mol. The van der Waals surface area contributed by atoms with Crippen molar-refractivity contribution in [3.8, 4) is 0 Å². The number of hydrogen-bond donors (Lipinski definition) is 2. The molecule has 0 amide bonds. The molecule has 0 aromatic heterocycles. The Kier molecular flexibility index (Phi) is 3.90. The van der Waals surface area contributed by atoms with Crippen molar-refractivity contribution in [2.24, 2.45) is 5.16 Å². The van der Waals surface area contributed by atoms with Crippen LogP contribution < -0.4 is 10.6 Å². The number of nitrogens with one attached hydrogen (secondary N) is 2. The van der Waals surface area contributed by atoms with Crippen LogP contribution in [-0.2, 0) is 4.84 Å². The van der Waals surface area contributed by atoms with Gasteiger partial charge in [0.1, 0.15) is 6.61 Å². The molecule has 2 rings (SSSR count). The van der Waals surface area contributed by atoms with Crippen molar-refractivity contribution in [3.63, 3.8) is 0 Å². The van der Waals surface area contributed by atoms with E-state index in [2.05, 4.69) is 20.6 Å². The van der Waals surface area contributed by atoms with Crippen LogP contribution in [0.1, 0.15) is 6.42 Å². The number of rotatable bonds is 0. The maximum atomic E-state index is 4.51. The average molecular weight is 143 g/mol. The largest absolute Gasteiger partial charge is 0.396 e. The molecule has 10 heavy (non-hydrogen) atoms. The van der Waals surface area contributed by atoms with Crippen LogP contribution in [0, 0.1) is 0 Å². The van der Waals surface area contributed by atoms with Gasteiger partial charge in [0.15, 0.2) is 0 Å². The van der Waals surface area contributed by atoms with Gasteiger partial charge >= 0.3 is 0 Å². The van der Waals surface area contributed by atoms with Gasteiger partial charge in [-0.2, -0.15) is 0 Å². The molecule has 1 fully saturated rings. The predicted octanol–water partition coefficient (Wildman–Crippen LogP) is -0.471. The summed E-state index contributed by atoms with van der Waals surface area (Å²) in [6.07, 6.45) is 2.75. The van der Waals surface area contributed by atoms with Crippen molar-refractivity contribution in [2.75, 3.05) is 26.4 Å². The van der Waals surface area contributed by atoms with Gasteiger partial charge < -0.3 is 15.5 Å². The lowest BCUT2D eigenvalue weighted by atomic mass is 10.5. The van der Waals surface area contributed by atoms with Crippen molar-refractivity contribution < 1.29 is 4.84 Å². The smallest absolute Gasteiger partial charge is 0.122 e. The molecule has 0 aromatic rings. The molecule has 2 N–H and O–H groups in total. The highest BCUT2D eigenvalue weighted by molar-refractivity contribution is 5.57. The first kappa shape index (κ1) is 7.50. The first-order valence-electron chi connectivity index (χ1n) is 3.55. The van der Waals surface area contributed by atoms with Crippen molar-refractivity contribution in [2.45, 2.75) is 6.42 Å². The van der Waals surface area contributed by atoms with Crippen LogP contribution in [0.2, 0.25) is 0 Å². The fourth-order valence-electron chi connectivity index (χ4n) is 0.705. The average Bonchev–Trinajstić information content (AvgIpc) is 2.67. The molecule has 2 aliphatic heterocycles. The first-order chi connectivity index (χ1) is 5.00. The summed E-state index contributed by atoms with van der Waals surface area (Å²) in [5, 5.41) is 9.68. The molecule has 0 bridgehead atoms. The molecule has 58 valence electrons. The number of nitrogens with zero attached hydrogens (tertiary/aromatic N) is 1. The van der Waals surface area contributed by atoms with Gasteiger partial charge in [-0.25, -0.2) is 0 Å². The maximum Gasteiger partial charge on any atom is 0.122 e. The molecule has 0 aromatic carbocycles. The van der Waals surface area contributed by atoms with Crippen LogP contribution in [-0.4, -0.2) is 32.6 Å². The highest BCUT2D eigenvalue weighted by Gasteiger charge is 1.90. The van der Waals surface area contributed by atoms with Crippen molar-refractivity contribution in [3.05, 3.63) is 0 Å². The summed E-state index contributed by atoms with van der Waals surface area (Å²) in [5.74, 6) is 0. The van der Waals surface area contributed by atoms with Gasteiger partial charge in [0.05, 0.1) is 0 Å². The molecule has 0 unspecified atom stereocenters. The Balaban J connectivity index is 0.0000001000. The Bertz CT molecular complexity index is 87.6. The summed E-state index contributed by atoms with van der Waals surface area (Å²) in [5.41, 5.74) is 0. The van der Waals surface area contributed by atoms with Gasteiger partial charge in [0, 0.05) is 32.4 Å². The SMILES string of the molecule is C1=NOCC1.C1CNCN1. The van der Waals surface area contributed by atoms with E-state index in [0.29, 0.717) is 0 Å². The van der Waals surface area contributed by atoms with E-state index in [4.69, 9.17) is 0 Å². The second kappa shape index (κ2) is 5.20. The third kappa shape index (κ3) is 3.42. The van der Waals surface area contributed by atoms with Gasteiger partial charge in [-0.3, -0.25) is 0 Å². The summed E-state index contributed by atoms with van der Waals surface area (Å²) < 4.78 is 0. The maximum absolute atomic E-state index is 4.51. The minimum absolute atomic E-state index is 0.778. The zero-order chi connectivity index (χ0) is 7.07. The lowest BCUT2D eigenvalue weighted by molar-refractivity contribution is 0.174. The van der Waals surface area contributed by atoms with Crippen LogP contribution in [0.3, 0.4) is 0 Å². The second-order valence-electron chi connectivity index (χ2n) is 2.09. The molecule has 2 aliphatic rings. The van der Waals surface area contributed by atoms with E-state index in [1.165, 1.54) is 0 Å². The van der Waals surface area contributed by atoms with Gasteiger partial charge in [0.2, 0.25) is 0 Å². The van der Waals surface area contributed by atoms with Gasteiger partial charge in [0.25, 0.3) is 0 Å². The summed E-state index contributed by atoms with van der Waals surface area (Å²) in [6, 6.07) is 0. The van der Waals surface area contributed by atoms with Crippen molar-refractivity contribution >= 4 is 6.21 Å². The highest BCUT2D eigenvalue weighted by atomic mass is 16.6. The third-order valence-electron chi connectivity index (χ3n) is 1.22. The zero-order valence-corrected chi connectivity index (χ0v) is 5.97. The molecule has 4 nitrogen and oxygen atoms in total. The second-order valence-corrected chi connectivity index (χ2v) is 2.09. The fraction of sp³-hybridized carbons (Fsp3) is 0.833. The van der Waals surface area contributed by atoms with Gasteiger partial charge in [-0.1, -0.05) is 5.16 Å². The van der Waals surface area contributed by atoms with Crippen molar-refractivity contribution in [1.82, 2.24) is 10.6 Å². The van der Waals surface area contributed by atoms with Gasteiger partial charge in [-0.15, -0.1) is 0 Å². The van der Waals surface area contributed by atoms with Crippen LogP contribution >= 0.6 is 0 Å². The molecular weight excluding hydrogens is 130 g/mol. The quantitative estimate of drug-likeness (QED) is 0.482. The van der Waals surface area contributed by atoms with Crippen LogP contribution in [0.15, 0.2) is 5.16 Å². The van der Waals surface area contributed by atoms with Gasteiger partial charge in [-0.05, 0) is 0 Å². The third-order valence-corrected chi connectivity index (χ3v) is 1.22. The van der Waals surface area contributed by atoms with E-state index in [1.54, 1.807) is 6.21 Å². The Hall–Kier alpha value is -0.610. The molecular formula is C6H13N3O. The fourth-order valence-corrected chi connectivity index (χ4v) is 0.705. The summed E-state index contributed by atoms with van der Waals surface area (Å²) >= 11 is 0. The number of oxime groups is 1. The van der Waals surface area contributed by atoms with Crippen molar-refractivity contribution in [1.29, 1.82) is 0 Å². The molecule has 0 radical (unpaired) electrons.